The molecule has 82 valence electrons. The van der Waals surface area contributed by atoms with Crippen LogP contribution >= 0.6 is 0 Å². The highest BCUT2D eigenvalue weighted by molar-refractivity contribution is 5.50. The minimum absolute atomic E-state index is 0.529. The molecule has 1 aromatic heterocycles. The number of anilines is 1. The molecule has 2 heterocycles. The number of rotatable bonds is 2. The lowest BCUT2D eigenvalue weighted by Crippen LogP contribution is -2.35. The van der Waals surface area contributed by atoms with Gasteiger partial charge in [-0.1, -0.05) is 6.92 Å². The Kier molecular flexibility index (Phi) is 3.21. The van der Waals surface area contributed by atoms with Gasteiger partial charge in [-0.05, 0) is 30.9 Å². The molecule has 3 nitrogen and oxygen atoms in total. The second-order valence-electron chi connectivity index (χ2n) is 4.37. The van der Waals surface area contributed by atoms with Gasteiger partial charge < -0.3 is 10.6 Å². The Hall–Kier alpha value is -1.09. The standard InChI is InChI=1S/C12H19N3/c1-10-4-3-7-15(9-10)12-5-2-6-14-11(12)8-13/h2,5-6,10H,3-4,7-9,13H2,1H3. The molecule has 2 rings (SSSR count). The number of aromatic nitrogens is 1. The fourth-order valence-electron chi connectivity index (χ4n) is 2.28. The van der Waals surface area contributed by atoms with Crippen LogP contribution in [0.1, 0.15) is 25.5 Å². The quantitative estimate of drug-likeness (QED) is 0.800. The van der Waals surface area contributed by atoms with E-state index in [1.165, 1.54) is 18.5 Å². The minimum atomic E-state index is 0.529. The predicted molar refractivity (Wildman–Crippen MR) is 62.7 cm³/mol. The Bertz CT molecular complexity index is 324. The predicted octanol–water partition coefficient (Wildman–Crippen LogP) is 1.78. The average molecular weight is 205 g/mol. The fraction of sp³-hybridized carbons (Fsp3) is 0.583. The molecular formula is C12H19N3. The first-order valence-corrected chi connectivity index (χ1v) is 5.70. The maximum absolute atomic E-state index is 5.70. The van der Waals surface area contributed by atoms with Crippen molar-refractivity contribution in [3.05, 3.63) is 24.0 Å². The van der Waals surface area contributed by atoms with Crippen LogP contribution in [0.15, 0.2) is 18.3 Å². The first kappa shape index (κ1) is 10.4. The number of hydrogen-bond donors (Lipinski definition) is 1. The highest BCUT2D eigenvalue weighted by Gasteiger charge is 2.18. The molecule has 1 saturated heterocycles. The van der Waals surface area contributed by atoms with Gasteiger partial charge in [0.2, 0.25) is 0 Å². The summed E-state index contributed by atoms with van der Waals surface area (Å²) >= 11 is 0. The van der Waals surface area contributed by atoms with Crippen molar-refractivity contribution in [3.63, 3.8) is 0 Å². The molecule has 1 aliphatic rings. The molecule has 1 aromatic rings. The number of nitrogens with zero attached hydrogens (tertiary/aromatic N) is 2. The van der Waals surface area contributed by atoms with Gasteiger partial charge in [-0.25, -0.2) is 0 Å². The Balaban J connectivity index is 2.20. The summed E-state index contributed by atoms with van der Waals surface area (Å²) in [5.41, 5.74) is 7.95. The van der Waals surface area contributed by atoms with Crippen molar-refractivity contribution in [2.75, 3.05) is 18.0 Å². The van der Waals surface area contributed by atoms with E-state index < -0.39 is 0 Å². The SMILES string of the molecule is CC1CCCN(c2cccnc2CN)C1. The molecule has 3 heteroatoms. The van der Waals surface area contributed by atoms with E-state index in [4.69, 9.17) is 5.73 Å². The molecule has 1 fully saturated rings. The molecule has 1 unspecified atom stereocenters. The summed E-state index contributed by atoms with van der Waals surface area (Å²) in [6, 6.07) is 4.13. The second-order valence-corrected chi connectivity index (χ2v) is 4.37. The molecule has 1 aliphatic heterocycles. The number of piperidine rings is 1. The molecule has 15 heavy (non-hydrogen) atoms. The lowest BCUT2D eigenvalue weighted by Gasteiger charge is -2.33. The van der Waals surface area contributed by atoms with Gasteiger partial charge >= 0.3 is 0 Å². The van der Waals surface area contributed by atoms with Gasteiger partial charge in [0.25, 0.3) is 0 Å². The van der Waals surface area contributed by atoms with Crippen molar-refractivity contribution in [2.45, 2.75) is 26.3 Å². The highest BCUT2D eigenvalue weighted by atomic mass is 15.1. The molecule has 0 aromatic carbocycles. The first-order valence-electron chi connectivity index (χ1n) is 5.70. The fourth-order valence-corrected chi connectivity index (χ4v) is 2.28. The van der Waals surface area contributed by atoms with Crippen molar-refractivity contribution < 1.29 is 0 Å². The lowest BCUT2D eigenvalue weighted by atomic mass is 9.99. The Morgan fingerprint density at radius 1 is 1.60 bits per heavy atom. The van der Waals surface area contributed by atoms with Gasteiger partial charge in [-0.3, -0.25) is 4.98 Å². The normalized spacial score (nSPS) is 21.7. The molecule has 0 saturated carbocycles. The summed E-state index contributed by atoms with van der Waals surface area (Å²) in [5.74, 6) is 0.782. The number of nitrogens with two attached hydrogens (primary N) is 1. The summed E-state index contributed by atoms with van der Waals surface area (Å²) in [7, 11) is 0. The van der Waals surface area contributed by atoms with Crippen LogP contribution in [0.2, 0.25) is 0 Å². The van der Waals surface area contributed by atoms with E-state index in [9.17, 15) is 0 Å². The largest absolute Gasteiger partial charge is 0.370 e. The van der Waals surface area contributed by atoms with Crippen molar-refractivity contribution >= 4 is 5.69 Å². The lowest BCUT2D eigenvalue weighted by molar-refractivity contribution is 0.446. The number of hydrogen-bond acceptors (Lipinski definition) is 3. The third-order valence-electron chi connectivity index (χ3n) is 3.06. The zero-order chi connectivity index (χ0) is 10.7. The van der Waals surface area contributed by atoms with Gasteiger partial charge in [0.05, 0.1) is 11.4 Å². The first-order chi connectivity index (χ1) is 7.31. The van der Waals surface area contributed by atoms with E-state index in [-0.39, 0.29) is 0 Å². The zero-order valence-corrected chi connectivity index (χ0v) is 9.32. The molecule has 0 bridgehead atoms. The van der Waals surface area contributed by atoms with Crippen molar-refractivity contribution in [3.8, 4) is 0 Å². The summed E-state index contributed by atoms with van der Waals surface area (Å²) in [6.45, 7) is 5.12. The topological polar surface area (TPSA) is 42.2 Å². The Morgan fingerprint density at radius 3 is 3.20 bits per heavy atom. The number of pyridine rings is 1. The third-order valence-corrected chi connectivity index (χ3v) is 3.06. The van der Waals surface area contributed by atoms with E-state index in [1.54, 1.807) is 0 Å². The maximum Gasteiger partial charge on any atom is 0.0772 e. The zero-order valence-electron chi connectivity index (χ0n) is 9.32. The summed E-state index contributed by atoms with van der Waals surface area (Å²) in [5, 5.41) is 0. The van der Waals surface area contributed by atoms with Crippen LogP contribution in [-0.4, -0.2) is 18.1 Å². The van der Waals surface area contributed by atoms with Gasteiger partial charge in [0.15, 0.2) is 0 Å². The highest BCUT2D eigenvalue weighted by Crippen LogP contribution is 2.24. The molecule has 0 amide bonds. The van der Waals surface area contributed by atoms with Crippen molar-refractivity contribution in [2.24, 2.45) is 11.7 Å². The Morgan fingerprint density at radius 2 is 2.47 bits per heavy atom. The monoisotopic (exact) mass is 205 g/mol. The molecule has 1 atom stereocenters. The van der Waals surface area contributed by atoms with Crippen molar-refractivity contribution in [1.29, 1.82) is 0 Å². The molecule has 0 aliphatic carbocycles. The smallest absolute Gasteiger partial charge is 0.0772 e. The van der Waals surface area contributed by atoms with Crippen LogP contribution in [0.25, 0.3) is 0 Å². The van der Waals surface area contributed by atoms with Crippen LogP contribution in [0.5, 0.6) is 0 Å². The van der Waals surface area contributed by atoms with Gasteiger partial charge in [0.1, 0.15) is 0 Å². The summed E-state index contributed by atoms with van der Waals surface area (Å²) < 4.78 is 0. The molecular weight excluding hydrogens is 186 g/mol. The van der Waals surface area contributed by atoms with Gasteiger partial charge in [0, 0.05) is 25.8 Å². The van der Waals surface area contributed by atoms with E-state index in [0.29, 0.717) is 6.54 Å². The van der Waals surface area contributed by atoms with Crippen LogP contribution in [0, 0.1) is 5.92 Å². The van der Waals surface area contributed by atoms with Gasteiger partial charge in [-0.2, -0.15) is 0 Å². The van der Waals surface area contributed by atoms with Crippen molar-refractivity contribution in [1.82, 2.24) is 4.98 Å². The second kappa shape index (κ2) is 4.62. The molecule has 0 spiro atoms. The average Bonchev–Trinajstić information content (AvgIpc) is 2.29. The maximum atomic E-state index is 5.70. The molecule has 2 N–H and O–H groups in total. The van der Waals surface area contributed by atoms with Crippen LogP contribution in [0.4, 0.5) is 5.69 Å². The molecule has 0 radical (unpaired) electrons. The summed E-state index contributed by atoms with van der Waals surface area (Å²) in [6.07, 6.45) is 4.44. The van der Waals surface area contributed by atoms with Crippen LogP contribution in [0.3, 0.4) is 0 Å². The Labute approximate surface area is 91.3 Å². The third kappa shape index (κ3) is 2.29. The summed E-state index contributed by atoms with van der Waals surface area (Å²) in [4.78, 5) is 6.75. The minimum Gasteiger partial charge on any atom is -0.370 e. The van der Waals surface area contributed by atoms with E-state index >= 15 is 0 Å². The van der Waals surface area contributed by atoms with E-state index in [0.717, 1.165) is 24.7 Å². The van der Waals surface area contributed by atoms with E-state index in [2.05, 4.69) is 22.9 Å². The van der Waals surface area contributed by atoms with Gasteiger partial charge in [-0.15, -0.1) is 0 Å². The van der Waals surface area contributed by atoms with Crippen LogP contribution in [-0.2, 0) is 6.54 Å². The van der Waals surface area contributed by atoms with Crippen LogP contribution < -0.4 is 10.6 Å². The van der Waals surface area contributed by atoms with E-state index in [1.807, 2.05) is 12.3 Å².